The van der Waals surface area contributed by atoms with Crippen LogP contribution in [-0.2, 0) is 19.1 Å². The van der Waals surface area contributed by atoms with Gasteiger partial charge >= 0.3 is 0 Å². The van der Waals surface area contributed by atoms with Gasteiger partial charge < -0.3 is 24.8 Å². The second kappa shape index (κ2) is 10.2. The first-order valence-electron chi connectivity index (χ1n) is 13.4. The van der Waals surface area contributed by atoms with Crippen LogP contribution in [0.5, 0.6) is 11.5 Å². The summed E-state index contributed by atoms with van der Waals surface area (Å²) < 4.78 is 46.6. The van der Waals surface area contributed by atoms with E-state index in [9.17, 15) is 14.0 Å². The molecular weight excluding hydrogens is 552 g/mol. The van der Waals surface area contributed by atoms with Crippen molar-refractivity contribution >= 4 is 44.7 Å². The average molecular weight is 578 g/mol. The summed E-state index contributed by atoms with van der Waals surface area (Å²) in [5.74, 6) is -1.10. The fourth-order valence-corrected chi connectivity index (χ4v) is 6.68. The van der Waals surface area contributed by atoms with Crippen LogP contribution in [0.4, 0.5) is 20.2 Å². The zero-order valence-electron chi connectivity index (χ0n) is 21.7. The minimum atomic E-state index is -1.26. The van der Waals surface area contributed by atoms with Crippen LogP contribution in [0, 0.1) is 23.0 Å². The lowest BCUT2D eigenvalue weighted by molar-refractivity contribution is -0.131. The highest BCUT2D eigenvalue weighted by Crippen LogP contribution is 2.48. The number of halogens is 2. The maximum atomic E-state index is 15.1. The Balaban J connectivity index is 1.05. The van der Waals surface area contributed by atoms with E-state index in [4.69, 9.17) is 14.2 Å². The van der Waals surface area contributed by atoms with Crippen molar-refractivity contribution in [1.82, 2.24) is 4.98 Å². The Morgan fingerprint density at radius 3 is 2.46 bits per heavy atom. The number of hydrogen-bond donors (Lipinski definition) is 2. The fraction of sp³-hybridized carbons (Fsp3) is 0.300. The van der Waals surface area contributed by atoms with Crippen LogP contribution in [0.15, 0.2) is 60.8 Å². The number of aromatic nitrogens is 1. The van der Waals surface area contributed by atoms with E-state index in [0.29, 0.717) is 43.4 Å². The summed E-state index contributed by atoms with van der Waals surface area (Å²) in [4.78, 5) is 31.4. The average Bonchev–Trinajstić information content (AvgIpc) is 3.25. The molecule has 2 N–H and O–H groups in total. The van der Waals surface area contributed by atoms with Crippen LogP contribution in [-0.4, -0.2) is 36.3 Å². The fourth-order valence-electron chi connectivity index (χ4n) is 5.45. The molecule has 2 aliphatic heterocycles. The number of thiophene rings is 1. The maximum Gasteiger partial charge on any atom is 0.240 e. The van der Waals surface area contributed by atoms with Crippen LogP contribution in [0.1, 0.15) is 30.1 Å². The topological polar surface area (TPSA) is 98.8 Å². The Morgan fingerprint density at radius 2 is 1.71 bits per heavy atom. The number of benzene rings is 2. The first-order chi connectivity index (χ1) is 19.9. The Labute approximate surface area is 237 Å². The van der Waals surface area contributed by atoms with Crippen molar-refractivity contribution in [3.63, 3.8) is 0 Å². The van der Waals surface area contributed by atoms with Gasteiger partial charge in [0.05, 0.1) is 23.4 Å². The van der Waals surface area contributed by atoms with Gasteiger partial charge in [-0.05, 0) is 61.7 Å². The molecule has 0 spiro atoms. The normalized spacial score (nSPS) is 22.3. The molecule has 8 nitrogen and oxygen atoms in total. The summed E-state index contributed by atoms with van der Waals surface area (Å²) >= 11 is 1.56. The smallest absolute Gasteiger partial charge is 0.240 e. The summed E-state index contributed by atoms with van der Waals surface area (Å²) in [6.45, 7) is 1.29. The molecule has 4 heterocycles. The lowest BCUT2D eigenvalue weighted by Gasteiger charge is -2.16. The van der Waals surface area contributed by atoms with Gasteiger partial charge in [-0.15, -0.1) is 11.3 Å². The molecule has 2 aromatic carbocycles. The molecule has 2 amide bonds. The Morgan fingerprint density at radius 1 is 0.951 bits per heavy atom. The molecule has 4 aromatic rings. The van der Waals surface area contributed by atoms with Gasteiger partial charge in [0.1, 0.15) is 17.0 Å². The molecule has 3 aliphatic rings. The molecule has 11 heteroatoms. The van der Waals surface area contributed by atoms with Crippen molar-refractivity contribution in [1.29, 1.82) is 0 Å². The lowest BCUT2D eigenvalue weighted by Crippen LogP contribution is -2.35. The summed E-state index contributed by atoms with van der Waals surface area (Å²) in [5, 5.41) is 5.30. The number of ether oxygens (including phenoxy) is 3. The number of anilines is 2. The minimum absolute atomic E-state index is 0.00547. The third-order valence-corrected chi connectivity index (χ3v) is 9.20. The third-order valence-electron chi connectivity index (χ3n) is 7.93. The number of amides is 2. The van der Waals surface area contributed by atoms with Crippen LogP contribution >= 0.6 is 11.3 Å². The van der Waals surface area contributed by atoms with E-state index >= 15 is 4.39 Å². The van der Waals surface area contributed by atoms with E-state index in [1.165, 1.54) is 36.4 Å². The minimum Gasteiger partial charge on any atom is -0.453 e. The van der Waals surface area contributed by atoms with Crippen LogP contribution in [0.2, 0.25) is 0 Å². The van der Waals surface area contributed by atoms with Gasteiger partial charge in [-0.3, -0.25) is 14.6 Å². The lowest BCUT2D eigenvalue weighted by atomic mass is 9.92. The summed E-state index contributed by atoms with van der Waals surface area (Å²) in [6.07, 6.45) is 3.14. The maximum absolute atomic E-state index is 15.1. The number of nitrogens with zero attached hydrogens (tertiary/aromatic N) is 1. The van der Waals surface area contributed by atoms with E-state index in [2.05, 4.69) is 15.6 Å². The van der Waals surface area contributed by atoms with E-state index in [-0.39, 0.29) is 23.6 Å². The predicted octanol–water partition coefficient (Wildman–Crippen LogP) is 6.20. The Bertz CT molecular complexity index is 1660. The molecule has 3 atom stereocenters. The first kappa shape index (κ1) is 26.0. The molecule has 7 rings (SSSR count). The van der Waals surface area contributed by atoms with E-state index < -0.39 is 28.9 Å². The molecule has 2 aromatic heterocycles. The third kappa shape index (κ3) is 4.83. The highest BCUT2D eigenvalue weighted by Gasteiger charge is 2.56. The van der Waals surface area contributed by atoms with Crippen molar-refractivity contribution in [3.8, 4) is 11.5 Å². The van der Waals surface area contributed by atoms with Gasteiger partial charge in [0.2, 0.25) is 11.8 Å². The van der Waals surface area contributed by atoms with Gasteiger partial charge in [0.15, 0.2) is 17.9 Å². The standard InChI is InChI=1S/C30H25F2N3O5S/c31-16-1-3-17(4-2-16)34-28(36)30(9-10-30)29(37)35-18-5-6-23(21(32)13-18)40-24-7-11-33-22-14-25(41-26(22)24)20-15-39-27-19(20)8-12-38-27/h1-7,11,13-14,19-20,27H,8-10,12,15H2,(H,34,36)(H,35,37). The zero-order valence-corrected chi connectivity index (χ0v) is 22.5. The number of rotatable bonds is 7. The quantitative estimate of drug-likeness (QED) is 0.254. The number of carbonyl (C=O) groups is 2. The van der Waals surface area contributed by atoms with E-state index in [0.717, 1.165) is 27.6 Å². The number of nitrogens with one attached hydrogen (secondary N) is 2. The van der Waals surface area contributed by atoms with Crippen LogP contribution < -0.4 is 15.4 Å². The molecule has 2 saturated heterocycles. The molecule has 1 saturated carbocycles. The number of hydrogen-bond acceptors (Lipinski definition) is 7. The van der Waals surface area contributed by atoms with Crippen molar-refractivity contribution in [2.75, 3.05) is 23.8 Å². The van der Waals surface area contributed by atoms with Crippen molar-refractivity contribution in [2.45, 2.75) is 31.5 Å². The van der Waals surface area contributed by atoms with Crippen molar-refractivity contribution in [3.05, 3.63) is 77.3 Å². The van der Waals surface area contributed by atoms with Crippen LogP contribution in [0.3, 0.4) is 0 Å². The molecule has 0 bridgehead atoms. The number of pyridine rings is 1. The van der Waals surface area contributed by atoms with Gasteiger partial charge in [-0.2, -0.15) is 0 Å². The summed E-state index contributed by atoms with van der Waals surface area (Å²) in [7, 11) is 0. The number of fused-ring (bicyclic) bond motifs is 2. The van der Waals surface area contributed by atoms with E-state index in [1.54, 1.807) is 23.6 Å². The molecule has 41 heavy (non-hydrogen) atoms. The Hall–Kier alpha value is -3.93. The van der Waals surface area contributed by atoms with Crippen molar-refractivity contribution in [2.24, 2.45) is 11.3 Å². The van der Waals surface area contributed by atoms with Gasteiger partial charge in [0, 0.05) is 46.4 Å². The zero-order chi connectivity index (χ0) is 28.1. The van der Waals surface area contributed by atoms with Gasteiger partial charge in [0.25, 0.3) is 0 Å². The molecular formula is C30H25F2N3O5S. The van der Waals surface area contributed by atoms with Crippen LogP contribution in [0.25, 0.3) is 10.2 Å². The predicted molar refractivity (Wildman–Crippen MR) is 148 cm³/mol. The summed E-state index contributed by atoms with van der Waals surface area (Å²) in [6, 6.07) is 13.2. The van der Waals surface area contributed by atoms with E-state index in [1.807, 2.05) is 6.07 Å². The number of carbonyl (C=O) groups excluding carboxylic acids is 2. The molecule has 210 valence electrons. The van der Waals surface area contributed by atoms with Crippen molar-refractivity contribution < 1.29 is 32.6 Å². The second-order valence-corrected chi connectivity index (χ2v) is 11.6. The monoisotopic (exact) mass is 577 g/mol. The molecule has 1 aliphatic carbocycles. The molecule has 0 radical (unpaired) electrons. The second-order valence-electron chi connectivity index (χ2n) is 10.5. The Kier molecular flexibility index (Phi) is 6.44. The van der Waals surface area contributed by atoms with Gasteiger partial charge in [-0.25, -0.2) is 8.78 Å². The highest BCUT2D eigenvalue weighted by molar-refractivity contribution is 7.19. The van der Waals surface area contributed by atoms with Gasteiger partial charge in [-0.1, -0.05) is 0 Å². The molecule has 3 fully saturated rings. The largest absolute Gasteiger partial charge is 0.453 e. The summed E-state index contributed by atoms with van der Waals surface area (Å²) in [5.41, 5.74) is 0.102. The molecule has 3 unspecified atom stereocenters. The highest BCUT2D eigenvalue weighted by atomic mass is 32.1. The SMILES string of the molecule is O=C(Nc1ccc(F)cc1)C1(C(=O)Nc2ccc(Oc3ccnc4cc(C5COC6OCCC65)sc34)c(F)c2)CC1. The first-order valence-corrected chi connectivity index (χ1v) is 14.2.